The molecule has 0 amide bonds. The number of aromatic amines is 1. The monoisotopic (exact) mass is 295 g/mol. The molecule has 0 unspecified atom stereocenters. The quantitative estimate of drug-likeness (QED) is 0.774. The largest absolute Gasteiger partial charge is 0.380 e. The van der Waals surface area contributed by atoms with Crippen LogP contribution in [0, 0.1) is 18.3 Å². The van der Waals surface area contributed by atoms with E-state index in [-0.39, 0.29) is 0 Å². The molecule has 0 spiro atoms. The number of nitrogens with one attached hydrogen (secondary N) is 2. The number of para-hydroxylation sites is 1. The molecular weight excluding hydrogens is 282 g/mol. The van der Waals surface area contributed by atoms with Crippen LogP contribution >= 0.6 is 11.3 Å². The molecule has 21 heavy (non-hydrogen) atoms. The molecule has 3 rings (SSSR count). The van der Waals surface area contributed by atoms with Crippen molar-refractivity contribution in [2.24, 2.45) is 0 Å². The van der Waals surface area contributed by atoms with Gasteiger partial charge in [-0.3, -0.25) is 5.10 Å². The number of aromatic nitrogens is 3. The number of anilines is 1. The molecule has 1 aromatic carbocycles. The molecule has 0 saturated heterocycles. The minimum atomic E-state index is 0.673. The van der Waals surface area contributed by atoms with E-state index in [4.69, 9.17) is 5.26 Å². The Balaban J connectivity index is 1.81. The van der Waals surface area contributed by atoms with Crippen molar-refractivity contribution in [2.45, 2.75) is 13.5 Å². The summed E-state index contributed by atoms with van der Waals surface area (Å²) in [6.07, 6.45) is 0. The zero-order valence-electron chi connectivity index (χ0n) is 11.4. The van der Waals surface area contributed by atoms with Gasteiger partial charge in [0.15, 0.2) is 5.82 Å². The Hall–Kier alpha value is -2.65. The van der Waals surface area contributed by atoms with Gasteiger partial charge < -0.3 is 5.32 Å². The van der Waals surface area contributed by atoms with Crippen LogP contribution in [0.3, 0.4) is 0 Å². The minimum absolute atomic E-state index is 0.673. The van der Waals surface area contributed by atoms with Crippen LogP contribution in [0.25, 0.3) is 11.4 Å². The summed E-state index contributed by atoms with van der Waals surface area (Å²) in [5.74, 6) is 1.47. The van der Waals surface area contributed by atoms with Crippen molar-refractivity contribution in [1.82, 2.24) is 15.2 Å². The highest BCUT2D eigenvalue weighted by molar-refractivity contribution is 7.10. The van der Waals surface area contributed by atoms with Crippen LogP contribution in [0.1, 0.15) is 16.3 Å². The van der Waals surface area contributed by atoms with Gasteiger partial charge in [-0.1, -0.05) is 12.1 Å². The summed E-state index contributed by atoms with van der Waals surface area (Å²) in [5.41, 5.74) is 2.64. The molecule has 6 heteroatoms. The molecule has 3 aromatic rings. The first-order chi connectivity index (χ1) is 10.3. The first-order valence-electron chi connectivity index (χ1n) is 6.46. The highest BCUT2D eigenvalue weighted by Gasteiger charge is 2.09. The lowest BCUT2D eigenvalue weighted by Gasteiger charge is -2.08. The lowest BCUT2D eigenvalue weighted by molar-refractivity contribution is 1.04. The molecule has 0 aliphatic carbocycles. The molecule has 2 aromatic heterocycles. The van der Waals surface area contributed by atoms with Crippen molar-refractivity contribution in [2.75, 3.05) is 5.32 Å². The average molecular weight is 295 g/mol. The SMILES string of the molecule is Cc1nc(-c2ccccc2NCc2cc(C#N)cs2)n[nH]1. The zero-order chi connectivity index (χ0) is 14.7. The number of thiophene rings is 1. The maximum absolute atomic E-state index is 8.85. The van der Waals surface area contributed by atoms with Crippen molar-refractivity contribution >= 4 is 17.0 Å². The molecule has 0 atom stereocenters. The number of rotatable bonds is 4. The Morgan fingerprint density at radius 2 is 2.24 bits per heavy atom. The van der Waals surface area contributed by atoms with Crippen LogP contribution in [0.5, 0.6) is 0 Å². The topological polar surface area (TPSA) is 77.4 Å². The molecule has 2 heterocycles. The second-order valence-corrected chi connectivity index (χ2v) is 5.55. The summed E-state index contributed by atoms with van der Waals surface area (Å²) in [6, 6.07) is 12.0. The maximum Gasteiger partial charge on any atom is 0.183 e. The van der Waals surface area contributed by atoms with Gasteiger partial charge in [0.2, 0.25) is 0 Å². The van der Waals surface area contributed by atoms with E-state index in [1.165, 1.54) is 0 Å². The Bertz CT molecular complexity index is 796. The summed E-state index contributed by atoms with van der Waals surface area (Å²) < 4.78 is 0. The van der Waals surface area contributed by atoms with Gasteiger partial charge in [0, 0.05) is 28.1 Å². The molecule has 104 valence electrons. The van der Waals surface area contributed by atoms with Crippen molar-refractivity contribution in [3.05, 3.63) is 52.0 Å². The second-order valence-electron chi connectivity index (χ2n) is 4.56. The number of benzene rings is 1. The van der Waals surface area contributed by atoms with Gasteiger partial charge in [-0.05, 0) is 25.1 Å². The van der Waals surface area contributed by atoms with E-state index in [0.29, 0.717) is 17.9 Å². The highest BCUT2D eigenvalue weighted by Crippen LogP contribution is 2.26. The van der Waals surface area contributed by atoms with E-state index >= 15 is 0 Å². The number of aryl methyl sites for hydroxylation is 1. The molecule has 0 aliphatic rings. The number of hydrogen-bond donors (Lipinski definition) is 2. The van der Waals surface area contributed by atoms with E-state index in [2.05, 4.69) is 26.6 Å². The predicted octanol–water partition coefficient (Wildman–Crippen LogP) is 3.33. The number of H-pyrrole nitrogens is 1. The van der Waals surface area contributed by atoms with E-state index in [9.17, 15) is 0 Å². The predicted molar refractivity (Wildman–Crippen MR) is 82.9 cm³/mol. The molecule has 0 radical (unpaired) electrons. The van der Waals surface area contributed by atoms with Crippen molar-refractivity contribution < 1.29 is 0 Å². The van der Waals surface area contributed by atoms with Gasteiger partial charge in [0.05, 0.1) is 5.56 Å². The Labute approximate surface area is 126 Å². The lowest BCUT2D eigenvalue weighted by Crippen LogP contribution is -1.99. The molecule has 0 saturated carbocycles. The standard InChI is InChI=1S/C15H13N5S/c1-10-18-15(20-19-10)13-4-2-3-5-14(13)17-8-12-6-11(7-16)9-21-12/h2-6,9,17H,8H2,1H3,(H,18,19,20). The molecule has 2 N–H and O–H groups in total. The normalized spacial score (nSPS) is 10.3. The molecular formula is C15H13N5S. The van der Waals surface area contributed by atoms with Gasteiger partial charge in [0.25, 0.3) is 0 Å². The third-order valence-electron chi connectivity index (χ3n) is 3.00. The summed E-state index contributed by atoms with van der Waals surface area (Å²) in [7, 11) is 0. The van der Waals surface area contributed by atoms with Gasteiger partial charge in [-0.15, -0.1) is 11.3 Å². The summed E-state index contributed by atoms with van der Waals surface area (Å²) in [4.78, 5) is 5.48. The third kappa shape index (κ3) is 2.93. The van der Waals surface area contributed by atoms with Crippen LogP contribution < -0.4 is 5.32 Å². The highest BCUT2D eigenvalue weighted by atomic mass is 32.1. The summed E-state index contributed by atoms with van der Waals surface area (Å²) in [6.45, 7) is 2.55. The van der Waals surface area contributed by atoms with Crippen LogP contribution in [0.4, 0.5) is 5.69 Å². The van der Waals surface area contributed by atoms with Crippen molar-refractivity contribution in [3.63, 3.8) is 0 Å². The number of hydrogen-bond acceptors (Lipinski definition) is 5. The van der Waals surface area contributed by atoms with Crippen LogP contribution in [-0.4, -0.2) is 15.2 Å². The van der Waals surface area contributed by atoms with E-state index in [1.807, 2.05) is 42.6 Å². The molecule has 5 nitrogen and oxygen atoms in total. The lowest BCUT2D eigenvalue weighted by atomic mass is 10.1. The first kappa shape index (κ1) is 13.3. The van der Waals surface area contributed by atoms with Crippen LogP contribution in [0.2, 0.25) is 0 Å². The average Bonchev–Trinajstić information content (AvgIpc) is 3.14. The van der Waals surface area contributed by atoms with Gasteiger partial charge in [0.1, 0.15) is 11.9 Å². The van der Waals surface area contributed by atoms with Crippen LogP contribution in [0.15, 0.2) is 35.7 Å². The second kappa shape index (κ2) is 5.77. The van der Waals surface area contributed by atoms with E-state index in [1.54, 1.807) is 11.3 Å². The number of nitriles is 1. The molecule has 0 fully saturated rings. The van der Waals surface area contributed by atoms with Gasteiger partial charge >= 0.3 is 0 Å². The Morgan fingerprint density at radius 3 is 2.95 bits per heavy atom. The molecule has 0 bridgehead atoms. The van der Waals surface area contributed by atoms with Gasteiger partial charge in [-0.2, -0.15) is 10.4 Å². The van der Waals surface area contributed by atoms with E-state index < -0.39 is 0 Å². The summed E-state index contributed by atoms with van der Waals surface area (Å²) in [5, 5.41) is 21.2. The number of nitrogens with zero attached hydrogens (tertiary/aromatic N) is 3. The third-order valence-corrected chi connectivity index (χ3v) is 3.94. The fraction of sp³-hybridized carbons (Fsp3) is 0.133. The Kier molecular flexibility index (Phi) is 3.67. The van der Waals surface area contributed by atoms with Crippen molar-refractivity contribution in [3.8, 4) is 17.5 Å². The smallest absolute Gasteiger partial charge is 0.183 e. The fourth-order valence-corrected chi connectivity index (χ4v) is 2.76. The van der Waals surface area contributed by atoms with Crippen molar-refractivity contribution in [1.29, 1.82) is 5.26 Å². The Morgan fingerprint density at radius 1 is 1.38 bits per heavy atom. The molecule has 0 aliphatic heterocycles. The maximum atomic E-state index is 8.85. The fourth-order valence-electron chi connectivity index (χ4n) is 2.01. The minimum Gasteiger partial charge on any atom is -0.380 e. The van der Waals surface area contributed by atoms with E-state index in [0.717, 1.165) is 22.0 Å². The van der Waals surface area contributed by atoms with Gasteiger partial charge in [-0.25, -0.2) is 4.98 Å². The first-order valence-corrected chi connectivity index (χ1v) is 7.34. The van der Waals surface area contributed by atoms with Crippen LogP contribution in [-0.2, 0) is 6.54 Å². The zero-order valence-corrected chi connectivity index (χ0v) is 12.2. The summed E-state index contributed by atoms with van der Waals surface area (Å²) >= 11 is 1.58.